The Hall–Kier alpha value is -1.32. The Kier molecular flexibility index (Phi) is 4.39. The van der Waals surface area contributed by atoms with E-state index >= 15 is 0 Å². The Labute approximate surface area is 116 Å². The third-order valence-electron chi connectivity index (χ3n) is 2.72. The van der Waals surface area contributed by atoms with Gasteiger partial charge in [-0.2, -0.15) is 0 Å². The van der Waals surface area contributed by atoms with Crippen molar-refractivity contribution in [3.05, 3.63) is 64.1 Å². The Balaban J connectivity index is 2.00. The first-order chi connectivity index (χ1) is 8.66. The van der Waals surface area contributed by atoms with Crippen molar-refractivity contribution >= 4 is 15.9 Å². The zero-order chi connectivity index (χ0) is 13.0. The summed E-state index contributed by atoms with van der Waals surface area (Å²) < 4.78 is 6.73. The molecule has 2 aromatic carbocycles. The van der Waals surface area contributed by atoms with Crippen molar-refractivity contribution in [2.24, 2.45) is 5.73 Å². The summed E-state index contributed by atoms with van der Waals surface area (Å²) in [6, 6.07) is 15.8. The molecule has 0 spiro atoms. The van der Waals surface area contributed by atoms with Gasteiger partial charge in [0.2, 0.25) is 0 Å². The average molecular weight is 306 g/mol. The minimum atomic E-state index is -0.138. The quantitative estimate of drug-likeness (QED) is 0.931. The van der Waals surface area contributed by atoms with E-state index in [9.17, 15) is 0 Å². The van der Waals surface area contributed by atoms with Gasteiger partial charge in [0.15, 0.2) is 0 Å². The summed E-state index contributed by atoms with van der Waals surface area (Å²) in [5.74, 6) is 0.859. The second kappa shape index (κ2) is 6.03. The van der Waals surface area contributed by atoms with Crippen LogP contribution in [0.25, 0.3) is 0 Å². The highest BCUT2D eigenvalue weighted by Gasteiger charge is 2.09. The van der Waals surface area contributed by atoms with E-state index in [0.717, 1.165) is 15.8 Å². The van der Waals surface area contributed by atoms with Crippen LogP contribution in [0.1, 0.15) is 17.2 Å². The first kappa shape index (κ1) is 13.1. The van der Waals surface area contributed by atoms with E-state index in [0.29, 0.717) is 6.61 Å². The van der Waals surface area contributed by atoms with E-state index in [1.54, 1.807) is 0 Å². The maximum absolute atomic E-state index is 6.13. The molecule has 0 fully saturated rings. The largest absolute Gasteiger partial charge is 0.492 e. The maximum atomic E-state index is 6.13. The van der Waals surface area contributed by atoms with Gasteiger partial charge in [-0.05, 0) is 36.2 Å². The van der Waals surface area contributed by atoms with Gasteiger partial charge in [0.25, 0.3) is 0 Å². The van der Waals surface area contributed by atoms with Gasteiger partial charge in [0, 0.05) is 4.47 Å². The highest BCUT2D eigenvalue weighted by Crippen LogP contribution is 2.22. The monoisotopic (exact) mass is 305 g/mol. The smallest absolute Gasteiger partial charge is 0.119 e. The number of hydrogen-bond donors (Lipinski definition) is 1. The van der Waals surface area contributed by atoms with Crippen molar-refractivity contribution < 1.29 is 4.74 Å². The second-order valence-electron chi connectivity index (χ2n) is 4.26. The van der Waals surface area contributed by atoms with E-state index < -0.39 is 0 Å². The summed E-state index contributed by atoms with van der Waals surface area (Å²) >= 11 is 3.50. The van der Waals surface area contributed by atoms with E-state index in [4.69, 9.17) is 10.5 Å². The van der Waals surface area contributed by atoms with Gasteiger partial charge in [0.05, 0.1) is 6.04 Å². The van der Waals surface area contributed by atoms with E-state index in [2.05, 4.69) is 15.9 Å². The van der Waals surface area contributed by atoms with Crippen molar-refractivity contribution in [2.45, 2.75) is 13.0 Å². The molecule has 0 bridgehead atoms. The summed E-state index contributed by atoms with van der Waals surface area (Å²) in [7, 11) is 0. The van der Waals surface area contributed by atoms with Gasteiger partial charge in [-0.15, -0.1) is 0 Å². The molecule has 0 aromatic heterocycles. The predicted octanol–water partition coefficient (Wildman–Crippen LogP) is 3.84. The van der Waals surface area contributed by atoms with Crippen LogP contribution in [0.4, 0.5) is 0 Å². The molecule has 1 unspecified atom stereocenters. The Morgan fingerprint density at radius 2 is 1.94 bits per heavy atom. The van der Waals surface area contributed by atoms with Crippen molar-refractivity contribution in [1.82, 2.24) is 0 Å². The van der Waals surface area contributed by atoms with Crippen LogP contribution >= 0.6 is 15.9 Å². The van der Waals surface area contributed by atoms with Gasteiger partial charge in [-0.3, -0.25) is 0 Å². The number of rotatable bonds is 4. The molecule has 2 nitrogen and oxygen atoms in total. The van der Waals surface area contributed by atoms with Gasteiger partial charge in [-0.1, -0.05) is 46.3 Å². The van der Waals surface area contributed by atoms with Gasteiger partial charge < -0.3 is 10.5 Å². The zero-order valence-corrected chi connectivity index (χ0v) is 11.9. The zero-order valence-electron chi connectivity index (χ0n) is 10.3. The van der Waals surface area contributed by atoms with Gasteiger partial charge >= 0.3 is 0 Å². The van der Waals surface area contributed by atoms with Crippen molar-refractivity contribution in [1.29, 1.82) is 0 Å². The first-order valence-electron chi connectivity index (χ1n) is 5.86. The average Bonchev–Trinajstić information content (AvgIpc) is 2.37. The van der Waals surface area contributed by atoms with Crippen LogP contribution < -0.4 is 10.5 Å². The SMILES string of the molecule is Cc1cccc(OCC(N)c2ccccc2Br)c1. The highest BCUT2D eigenvalue weighted by molar-refractivity contribution is 9.10. The molecule has 2 aromatic rings. The lowest BCUT2D eigenvalue weighted by molar-refractivity contribution is 0.290. The van der Waals surface area contributed by atoms with Crippen LogP contribution in [0.3, 0.4) is 0 Å². The molecule has 0 aliphatic rings. The third-order valence-corrected chi connectivity index (χ3v) is 3.45. The molecule has 0 aliphatic carbocycles. The number of halogens is 1. The molecule has 0 saturated heterocycles. The fourth-order valence-electron chi connectivity index (χ4n) is 1.76. The van der Waals surface area contributed by atoms with Crippen LogP contribution in [0.15, 0.2) is 53.0 Å². The molecule has 0 aliphatic heterocycles. The Morgan fingerprint density at radius 3 is 2.67 bits per heavy atom. The topological polar surface area (TPSA) is 35.2 Å². The third kappa shape index (κ3) is 3.34. The van der Waals surface area contributed by atoms with Crippen LogP contribution in [0.5, 0.6) is 5.75 Å². The fraction of sp³-hybridized carbons (Fsp3) is 0.200. The summed E-state index contributed by atoms with van der Waals surface area (Å²) in [6.07, 6.45) is 0. The van der Waals surface area contributed by atoms with Crippen molar-refractivity contribution in [2.75, 3.05) is 6.61 Å². The molecule has 2 rings (SSSR count). The Bertz CT molecular complexity index is 527. The molecule has 2 N–H and O–H groups in total. The molecule has 18 heavy (non-hydrogen) atoms. The lowest BCUT2D eigenvalue weighted by Crippen LogP contribution is -2.19. The molecular weight excluding hydrogens is 290 g/mol. The molecule has 0 amide bonds. The molecule has 1 atom stereocenters. The lowest BCUT2D eigenvalue weighted by Gasteiger charge is -2.15. The highest BCUT2D eigenvalue weighted by atomic mass is 79.9. The van der Waals surface area contributed by atoms with E-state index in [1.807, 2.05) is 55.5 Å². The second-order valence-corrected chi connectivity index (χ2v) is 5.11. The molecule has 3 heteroatoms. The standard InChI is InChI=1S/C15H16BrNO/c1-11-5-4-6-12(9-11)18-10-15(17)13-7-2-3-8-14(13)16/h2-9,15H,10,17H2,1H3. The minimum absolute atomic E-state index is 0.138. The van der Waals surface area contributed by atoms with Gasteiger partial charge in [-0.25, -0.2) is 0 Å². The van der Waals surface area contributed by atoms with Crippen LogP contribution in [0.2, 0.25) is 0 Å². The summed E-state index contributed by atoms with van der Waals surface area (Å²) in [4.78, 5) is 0. The lowest BCUT2D eigenvalue weighted by atomic mass is 10.1. The molecular formula is C15H16BrNO. The number of ether oxygens (including phenoxy) is 1. The van der Waals surface area contributed by atoms with E-state index in [-0.39, 0.29) is 6.04 Å². The van der Waals surface area contributed by atoms with Crippen LogP contribution in [0, 0.1) is 6.92 Å². The van der Waals surface area contributed by atoms with Crippen molar-refractivity contribution in [3.8, 4) is 5.75 Å². The summed E-state index contributed by atoms with van der Waals surface area (Å²) in [5.41, 5.74) is 8.37. The van der Waals surface area contributed by atoms with Crippen LogP contribution in [-0.4, -0.2) is 6.61 Å². The number of nitrogens with two attached hydrogens (primary N) is 1. The molecule has 0 radical (unpaired) electrons. The normalized spacial score (nSPS) is 12.2. The van der Waals surface area contributed by atoms with Crippen molar-refractivity contribution in [3.63, 3.8) is 0 Å². The summed E-state index contributed by atoms with van der Waals surface area (Å²) in [6.45, 7) is 2.51. The molecule has 94 valence electrons. The van der Waals surface area contributed by atoms with E-state index in [1.165, 1.54) is 5.56 Å². The fourth-order valence-corrected chi connectivity index (χ4v) is 2.34. The number of benzene rings is 2. The first-order valence-corrected chi connectivity index (χ1v) is 6.65. The number of aryl methyl sites for hydroxylation is 1. The molecule has 0 saturated carbocycles. The predicted molar refractivity (Wildman–Crippen MR) is 77.7 cm³/mol. The molecule has 0 heterocycles. The maximum Gasteiger partial charge on any atom is 0.119 e. The van der Waals surface area contributed by atoms with Crippen LogP contribution in [-0.2, 0) is 0 Å². The van der Waals surface area contributed by atoms with Gasteiger partial charge in [0.1, 0.15) is 12.4 Å². The number of hydrogen-bond acceptors (Lipinski definition) is 2. The Morgan fingerprint density at radius 1 is 1.17 bits per heavy atom. The summed E-state index contributed by atoms with van der Waals surface area (Å²) in [5, 5.41) is 0. The minimum Gasteiger partial charge on any atom is -0.492 e.